The Morgan fingerprint density at radius 3 is 2.30 bits per heavy atom. The molecule has 0 aliphatic heterocycles. The molecule has 1 nitrogen and oxygen atoms in total. The molecule has 0 spiro atoms. The van der Waals surface area contributed by atoms with Crippen LogP contribution in [0.4, 0.5) is 8.78 Å². The van der Waals surface area contributed by atoms with Gasteiger partial charge in [-0.05, 0) is 64.5 Å². The number of hydrogen-bond acceptors (Lipinski definition) is 1. The molecule has 2 aromatic carbocycles. The van der Waals surface area contributed by atoms with E-state index in [0.29, 0.717) is 12.0 Å². The van der Waals surface area contributed by atoms with Crippen LogP contribution in [0.1, 0.15) is 28.3 Å². The lowest BCUT2D eigenvalue weighted by molar-refractivity contribution is 0.500. The number of halogens is 3. The summed E-state index contributed by atoms with van der Waals surface area (Å²) in [5.74, 6) is -1.76. The molecule has 4 heteroatoms. The van der Waals surface area contributed by atoms with Gasteiger partial charge in [0.25, 0.3) is 0 Å². The molecule has 2 rings (SSSR count). The van der Waals surface area contributed by atoms with Crippen molar-refractivity contribution in [2.45, 2.75) is 26.3 Å². The Morgan fingerprint density at radius 2 is 1.70 bits per heavy atom. The third-order valence-electron chi connectivity index (χ3n) is 3.53. The number of aryl methyl sites for hydroxylation is 2. The zero-order valence-corrected chi connectivity index (χ0v) is 13.0. The summed E-state index contributed by atoms with van der Waals surface area (Å²) in [6, 6.07) is 8.29. The van der Waals surface area contributed by atoms with Crippen LogP contribution in [0.15, 0.2) is 34.8 Å². The van der Waals surface area contributed by atoms with Gasteiger partial charge in [-0.1, -0.05) is 24.3 Å². The molecule has 0 fully saturated rings. The molecule has 2 aromatic rings. The van der Waals surface area contributed by atoms with E-state index < -0.39 is 11.6 Å². The molecule has 2 N–H and O–H groups in total. The maximum Gasteiger partial charge on any atom is 0.173 e. The third-order valence-corrected chi connectivity index (χ3v) is 4.34. The Morgan fingerprint density at radius 1 is 1.10 bits per heavy atom. The Balaban J connectivity index is 2.34. The highest BCUT2D eigenvalue weighted by atomic mass is 79.9. The Kier molecular flexibility index (Phi) is 4.55. The molecule has 1 unspecified atom stereocenters. The van der Waals surface area contributed by atoms with Crippen molar-refractivity contribution in [3.8, 4) is 0 Å². The lowest BCUT2D eigenvalue weighted by Gasteiger charge is -2.17. The summed E-state index contributed by atoms with van der Waals surface area (Å²) in [5.41, 5.74) is 10.2. The molecule has 0 amide bonds. The van der Waals surface area contributed by atoms with Crippen molar-refractivity contribution in [2.24, 2.45) is 5.73 Å². The first-order chi connectivity index (χ1) is 9.41. The molecule has 0 saturated heterocycles. The fraction of sp³-hybridized carbons (Fsp3) is 0.250. The average Bonchev–Trinajstić information content (AvgIpc) is 2.40. The maximum absolute atomic E-state index is 13.6. The van der Waals surface area contributed by atoms with Crippen molar-refractivity contribution in [2.75, 3.05) is 0 Å². The molecular formula is C16H16BrF2N. The summed E-state index contributed by atoms with van der Waals surface area (Å²) in [6.45, 7) is 4.05. The van der Waals surface area contributed by atoms with Crippen molar-refractivity contribution in [1.82, 2.24) is 0 Å². The normalized spacial score (nSPS) is 12.5. The number of nitrogens with two attached hydrogens (primary N) is 1. The molecule has 0 radical (unpaired) electrons. The highest BCUT2D eigenvalue weighted by Crippen LogP contribution is 2.29. The van der Waals surface area contributed by atoms with E-state index in [1.54, 1.807) is 0 Å². The molecular weight excluding hydrogens is 324 g/mol. The number of rotatable bonds is 3. The van der Waals surface area contributed by atoms with Crippen LogP contribution in [0.5, 0.6) is 0 Å². The lowest BCUT2D eigenvalue weighted by Crippen LogP contribution is -2.16. The van der Waals surface area contributed by atoms with E-state index in [9.17, 15) is 8.78 Å². The minimum atomic E-state index is -0.889. The van der Waals surface area contributed by atoms with Gasteiger partial charge in [0.05, 0.1) is 4.47 Å². The topological polar surface area (TPSA) is 26.0 Å². The minimum absolute atomic E-state index is 0.108. The second kappa shape index (κ2) is 6.02. The van der Waals surface area contributed by atoms with E-state index in [2.05, 4.69) is 15.9 Å². The zero-order chi connectivity index (χ0) is 14.9. The standard InChI is InChI=1S/C16H16BrF2N/c1-9-4-3-5-10(2)12(9)8-14(20)11-6-7-13(18)16(19)15(11)17/h3-7,14H,8,20H2,1-2H3. The molecule has 0 heterocycles. The molecule has 0 bridgehead atoms. The molecule has 106 valence electrons. The second-order valence-electron chi connectivity index (χ2n) is 4.95. The van der Waals surface area contributed by atoms with E-state index in [1.165, 1.54) is 6.07 Å². The van der Waals surface area contributed by atoms with Gasteiger partial charge in [-0.25, -0.2) is 8.78 Å². The van der Waals surface area contributed by atoms with Crippen molar-refractivity contribution in [3.63, 3.8) is 0 Å². The molecule has 20 heavy (non-hydrogen) atoms. The molecule has 0 aliphatic rings. The van der Waals surface area contributed by atoms with E-state index >= 15 is 0 Å². The minimum Gasteiger partial charge on any atom is -0.324 e. The summed E-state index contributed by atoms with van der Waals surface area (Å²) >= 11 is 3.09. The first-order valence-electron chi connectivity index (χ1n) is 6.36. The van der Waals surface area contributed by atoms with Gasteiger partial charge in [-0.3, -0.25) is 0 Å². The SMILES string of the molecule is Cc1cccc(C)c1CC(N)c1ccc(F)c(F)c1Br. The zero-order valence-electron chi connectivity index (χ0n) is 11.4. The van der Waals surface area contributed by atoms with Gasteiger partial charge < -0.3 is 5.73 Å². The van der Waals surface area contributed by atoms with E-state index in [4.69, 9.17) is 5.73 Å². The van der Waals surface area contributed by atoms with Gasteiger partial charge in [0, 0.05) is 6.04 Å². The summed E-state index contributed by atoms with van der Waals surface area (Å²) in [5, 5.41) is 0. The van der Waals surface area contributed by atoms with E-state index in [-0.39, 0.29) is 10.5 Å². The second-order valence-corrected chi connectivity index (χ2v) is 5.74. The molecule has 0 saturated carbocycles. The highest BCUT2D eigenvalue weighted by molar-refractivity contribution is 9.10. The van der Waals surface area contributed by atoms with Gasteiger partial charge in [0.15, 0.2) is 11.6 Å². The van der Waals surface area contributed by atoms with E-state index in [0.717, 1.165) is 22.8 Å². The fourth-order valence-electron chi connectivity index (χ4n) is 2.33. The lowest BCUT2D eigenvalue weighted by atomic mass is 9.93. The first kappa shape index (κ1) is 15.1. The summed E-state index contributed by atoms with van der Waals surface area (Å²) < 4.78 is 26.8. The van der Waals surface area contributed by atoms with Crippen LogP contribution in [0, 0.1) is 25.5 Å². The van der Waals surface area contributed by atoms with Crippen LogP contribution in [-0.4, -0.2) is 0 Å². The molecule has 0 aliphatic carbocycles. The van der Waals surface area contributed by atoms with Gasteiger partial charge >= 0.3 is 0 Å². The monoisotopic (exact) mass is 339 g/mol. The van der Waals surface area contributed by atoms with Gasteiger partial charge in [-0.15, -0.1) is 0 Å². The highest BCUT2D eigenvalue weighted by Gasteiger charge is 2.17. The van der Waals surface area contributed by atoms with Gasteiger partial charge in [0.2, 0.25) is 0 Å². The predicted molar refractivity (Wildman–Crippen MR) is 80.6 cm³/mol. The summed E-state index contributed by atoms with van der Waals surface area (Å²) in [4.78, 5) is 0. The van der Waals surface area contributed by atoms with Crippen LogP contribution < -0.4 is 5.73 Å². The van der Waals surface area contributed by atoms with Crippen molar-refractivity contribution in [3.05, 3.63) is 68.7 Å². The van der Waals surface area contributed by atoms with Crippen molar-refractivity contribution in [1.29, 1.82) is 0 Å². The van der Waals surface area contributed by atoms with Crippen LogP contribution in [-0.2, 0) is 6.42 Å². The van der Waals surface area contributed by atoms with Gasteiger partial charge in [-0.2, -0.15) is 0 Å². The van der Waals surface area contributed by atoms with Crippen molar-refractivity contribution < 1.29 is 8.78 Å². The van der Waals surface area contributed by atoms with Gasteiger partial charge in [0.1, 0.15) is 0 Å². The number of hydrogen-bond donors (Lipinski definition) is 1. The summed E-state index contributed by atoms with van der Waals surface area (Å²) in [6.07, 6.45) is 0.585. The Labute approximate surface area is 125 Å². The third kappa shape index (κ3) is 2.91. The predicted octanol–water partition coefficient (Wildman–Crippen LogP) is 4.59. The first-order valence-corrected chi connectivity index (χ1v) is 7.15. The van der Waals surface area contributed by atoms with Crippen LogP contribution in [0.3, 0.4) is 0 Å². The Hall–Kier alpha value is -1.26. The van der Waals surface area contributed by atoms with Crippen LogP contribution in [0.2, 0.25) is 0 Å². The molecule has 0 aromatic heterocycles. The quantitative estimate of drug-likeness (QED) is 0.813. The van der Waals surface area contributed by atoms with Crippen LogP contribution in [0.25, 0.3) is 0 Å². The smallest absolute Gasteiger partial charge is 0.173 e. The fourth-order valence-corrected chi connectivity index (χ4v) is 2.94. The van der Waals surface area contributed by atoms with Crippen LogP contribution >= 0.6 is 15.9 Å². The largest absolute Gasteiger partial charge is 0.324 e. The van der Waals surface area contributed by atoms with E-state index in [1.807, 2.05) is 32.0 Å². The average molecular weight is 340 g/mol. The van der Waals surface area contributed by atoms with Crippen molar-refractivity contribution >= 4 is 15.9 Å². The maximum atomic E-state index is 13.6. The molecule has 1 atom stereocenters. The summed E-state index contributed by atoms with van der Waals surface area (Å²) in [7, 11) is 0. The Bertz CT molecular complexity index is 620. The number of benzene rings is 2.